The number of nitrogens with zero attached hydrogens (tertiary/aromatic N) is 1. The van der Waals surface area contributed by atoms with Crippen LogP contribution < -0.4 is 20.1 Å². The zero-order valence-electron chi connectivity index (χ0n) is 16.9. The van der Waals surface area contributed by atoms with Gasteiger partial charge in [-0.15, -0.1) is 24.0 Å². The summed E-state index contributed by atoms with van der Waals surface area (Å²) in [4.78, 5) is 4.62. The Morgan fingerprint density at radius 3 is 2.74 bits per heavy atom. The lowest BCUT2D eigenvalue weighted by Crippen LogP contribution is -2.67. The molecule has 7 heteroatoms. The molecular formula is C20H32IN3O3. The lowest BCUT2D eigenvalue weighted by Gasteiger charge is -2.54. The first-order chi connectivity index (χ1) is 12.5. The highest BCUT2D eigenvalue weighted by molar-refractivity contribution is 14.0. The van der Waals surface area contributed by atoms with Gasteiger partial charge in [0.25, 0.3) is 0 Å². The summed E-state index contributed by atoms with van der Waals surface area (Å²) in [6.07, 6.45) is 1.47. The number of ether oxygens (including phenoxy) is 3. The minimum Gasteiger partial charge on any atom is -0.493 e. The minimum atomic E-state index is 0. The smallest absolute Gasteiger partial charge is 0.196 e. The lowest BCUT2D eigenvalue weighted by molar-refractivity contribution is -0.106. The van der Waals surface area contributed by atoms with E-state index in [-0.39, 0.29) is 29.4 Å². The zero-order valence-corrected chi connectivity index (χ0v) is 19.2. The number of guanidine groups is 1. The Kier molecular flexibility index (Phi) is 7.62. The second kappa shape index (κ2) is 9.32. The van der Waals surface area contributed by atoms with E-state index in [1.165, 1.54) is 0 Å². The van der Waals surface area contributed by atoms with Gasteiger partial charge in [-0.05, 0) is 32.4 Å². The second-order valence-electron chi connectivity index (χ2n) is 7.43. The number of halogens is 1. The molecule has 2 aliphatic rings. The van der Waals surface area contributed by atoms with Crippen LogP contribution in [0.5, 0.6) is 11.5 Å². The minimum absolute atomic E-state index is 0. The second-order valence-corrected chi connectivity index (χ2v) is 7.43. The van der Waals surface area contributed by atoms with Gasteiger partial charge in [0.05, 0.1) is 19.8 Å². The highest BCUT2D eigenvalue weighted by Gasteiger charge is 2.59. The van der Waals surface area contributed by atoms with E-state index in [1.54, 1.807) is 7.11 Å². The van der Waals surface area contributed by atoms with Gasteiger partial charge in [-0.1, -0.05) is 13.8 Å². The SMILES string of the molecule is CCN=C(Nc1ccc(OC)c(OCC)c1)NC1C2CCOC2C1(C)C.I. The van der Waals surface area contributed by atoms with E-state index in [1.807, 2.05) is 32.0 Å². The molecule has 1 saturated heterocycles. The first-order valence-corrected chi connectivity index (χ1v) is 9.51. The summed E-state index contributed by atoms with van der Waals surface area (Å²) < 4.78 is 16.9. The van der Waals surface area contributed by atoms with Crippen molar-refractivity contribution in [3.63, 3.8) is 0 Å². The van der Waals surface area contributed by atoms with Crippen molar-refractivity contribution >= 4 is 35.6 Å². The highest BCUT2D eigenvalue weighted by atomic mass is 127. The fourth-order valence-corrected chi connectivity index (χ4v) is 4.20. The van der Waals surface area contributed by atoms with E-state index >= 15 is 0 Å². The summed E-state index contributed by atoms with van der Waals surface area (Å²) in [5.74, 6) is 2.81. The van der Waals surface area contributed by atoms with Gasteiger partial charge in [0.2, 0.25) is 0 Å². The predicted octanol–water partition coefficient (Wildman–Crippen LogP) is 3.90. The number of rotatable bonds is 6. The molecule has 0 bridgehead atoms. The first-order valence-electron chi connectivity index (χ1n) is 9.51. The summed E-state index contributed by atoms with van der Waals surface area (Å²) in [6.45, 7) is 10.7. The van der Waals surface area contributed by atoms with Gasteiger partial charge in [0.15, 0.2) is 17.5 Å². The summed E-state index contributed by atoms with van der Waals surface area (Å²) in [5.41, 5.74) is 1.03. The molecule has 6 nitrogen and oxygen atoms in total. The van der Waals surface area contributed by atoms with Gasteiger partial charge in [-0.3, -0.25) is 4.99 Å². The van der Waals surface area contributed by atoms with E-state index in [0.29, 0.717) is 31.2 Å². The Labute approximate surface area is 179 Å². The maximum absolute atomic E-state index is 5.89. The molecule has 2 fully saturated rings. The van der Waals surface area contributed by atoms with Gasteiger partial charge in [0, 0.05) is 42.3 Å². The van der Waals surface area contributed by atoms with Crippen molar-refractivity contribution in [3.05, 3.63) is 18.2 Å². The Morgan fingerprint density at radius 1 is 1.30 bits per heavy atom. The molecule has 27 heavy (non-hydrogen) atoms. The molecule has 0 spiro atoms. The van der Waals surface area contributed by atoms with Crippen LogP contribution in [-0.4, -0.2) is 45.0 Å². The van der Waals surface area contributed by atoms with Crippen LogP contribution >= 0.6 is 24.0 Å². The zero-order chi connectivity index (χ0) is 18.7. The van der Waals surface area contributed by atoms with Crippen molar-refractivity contribution in [2.75, 3.05) is 32.2 Å². The molecule has 0 aromatic heterocycles. The number of methoxy groups -OCH3 is 1. The molecule has 152 valence electrons. The van der Waals surface area contributed by atoms with Crippen LogP contribution in [0.3, 0.4) is 0 Å². The van der Waals surface area contributed by atoms with E-state index in [9.17, 15) is 0 Å². The quantitative estimate of drug-likeness (QED) is 0.361. The van der Waals surface area contributed by atoms with Crippen molar-refractivity contribution in [2.45, 2.75) is 46.3 Å². The van der Waals surface area contributed by atoms with Crippen LogP contribution in [0, 0.1) is 11.3 Å². The summed E-state index contributed by atoms with van der Waals surface area (Å²) >= 11 is 0. The maximum Gasteiger partial charge on any atom is 0.196 e. The molecule has 0 amide bonds. The van der Waals surface area contributed by atoms with Gasteiger partial charge in [0.1, 0.15) is 0 Å². The van der Waals surface area contributed by atoms with Crippen LogP contribution in [0.4, 0.5) is 5.69 Å². The Morgan fingerprint density at radius 2 is 2.07 bits per heavy atom. The summed E-state index contributed by atoms with van der Waals surface area (Å²) in [6, 6.07) is 6.19. The molecule has 0 radical (unpaired) electrons. The fourth-order valence-electron chi connectivity index (χ4n) is 4.20. The van der Waals surface area contributed by atoms with Crippen LogP contribution in [0.25, 0.3) is 0 Å². The summed E-state index contributed by atoms with van der Waals surface area (Å²) in [7, 11) is 1.65. The number of fused-ring (bicyclic) bond motifs is 1. The fraction of sp³-hybridized carbons (Fsp3) is 0.650. The van der Waals surface area contributed by atoms with E-state index in [2.05, 4.69) is 29.5 Å². The van der Waals surface area contributed by atoms with Gasteiger partial charge < -0.3 is 24.8 Å². The molecule has 3 atom stereocenters. The van der Waals surface area contributed by atoms with Crippen molar-refractivity contribution in [1.82, 2.24) is 5.32 Å². The molecule has 1 saturated carbocycles. The maximum atomic E-state index is 5.89. The number of nitrogens with one attached hydrogen (secondary N) is 2. The standard InChI is InChI=1S/C20H31N3O3.HI/c1-6-21-19(23-17-14-10-11-26-18(14)20(17,3)4)22-13-8-9-15(24-5)16(12-13)25-7-2;/h8-9,12,14,17-18H,6-7,10-11H2,1-5H3,(H2,21,22,23);1H. The van der Waals surface area contributed by atoms with Crippen molar-refractivity contribution in [1.29, 1.82) is 0 Å². The number of anilines is 1. The van der Waals surface area contributed by atoms with Gasteiger partial charge in [-0.25, -0.2) is 0 Å². The van der Waals surface area contributed by atoms with Gasteiger partial charge in [-0.2, -0.15) is 0 Å². The average molecular weight is 489 g/mol. The summed E-state index contributed by atoms with van der Waals surface area (Å²) in [5, 5.41) is 7.04. The van der Waals surface area contributed by atoms with E-state index < -0.39 is 0 Å². The topological polar surface area (TPSA) is 64.1 Å². The van der Waals surface area contributed by atoms with Crippen LogP contribution in [0.2, 0.25) is 0 Å². The predicted molar refractivity (Wildman–Crippen MR) is 120 cm³/mol. The average Bonchev–Trinajstić information content (AvgIpc) is 3.07. The third-order valence-electron chi connectivity index (χ3n) is 5.44. The van der Waals surface area contributed by atoms with Gasteiger partial charge >= 0.3 is 0 Å². The van der Waals surface area contributed by atoms with E-state index in [0.717, 1.165) is 36.2 Å². The molecule has 1 aliphatic heterocycles. The Balaban J connectivity index is 0.00000261. The third-order valence-corrected chi connectivity index (χ3v) is 5.44. The first kappa shape index (κ1) is 22.1. The molecular weight excluding hydrogens is 457 g/mol. The Bertz CT molecular complexity index is 666. The van der Waals surface area contributed by atoms with Crippen LogP contribution in [0.1, 0.15) is 34.1 Å². The Hall–Kier alpha value is -1.22. The molecule has 3 rings (SSSR count). The molecule has 1 aromatic rings. The largest absolute Gasteiger partial charge is 0.493 e. The molecule has 1 heterocycles. The molecule has 2 N–H and O–H groups in total. The van der Waals surface area contributed by atoms with Crippen molar-refractivity contribution in [2.24, 2.45) is 16.3 Å². The number of hydrogen-bond donors (Lipinski definition) is 2. The number of benzene rings is 1. The normalized spacial score (nSPS) is 25.7. The monoisotopic (exact) mass is 489 g/mol. The van der Waals surface area contributed by atoms with Crippen molar-refractivity contribution in [3.8, 4) is 11.5 Å². The highest BCUT2D eigenvalue weighted by Crippen LogP contribution is 2.52. The molecule has 1 aliphatic carbocycles. The van der Waals surface area contributed by atoms with Crippen LogP contribution in [0.15, 0.2) is 23.2 Å². The molecule has 1 aromatic carbocycles. The lowest BCUT2D eigenvalue weighted by atomic mass is 9.57. The number of hydrogen-bond acceptors (Lipinski definition) is 4. The molecule has 3 unspecified atom stereocenters. The van der Waals surface area contributed by atoms with E-state index in [4.69, 9.17) is 14.2 Å². The van der Waals surface area contributed by atoms with Crippen LogP contribution in [-0.2, 0) is 4.74 Å². The van der Waals surface area contributed by atoms with Crippen molar-refractivity contribution < 1.29 is 14.2 Å². The number of aliphatic imine (C=N–C) groups is 1. The third kappa shape index (κ3) is 4.45.